The summed E-state index contributed by atoms with van der Waals surface area (Å²) in [5.41, 5.74) is 0.783. The van der Waals surface area contributed by atoms with Crippen molar-refractivity contribution in [1.29, 1.82) is 0 Å². The van der Waals surface area contributed by atoms with Crippen LogP contribution in [0.25, 0.3) is 0 Å². The van der Waals surface area contributed by atoms with Crippen LogP contribution < -0.4 is 0 Å². The Morgan fingerprint density at radius 2 is 2.30 bits per heavy atom. The number of benzene rings is 1. The number of nitrogens with zero attached hydrogens (tertiary/aromatic N) is 2. The maximum atomic E-state index is 12.9. The highest BCUT2D eigenvalue weighted by Gasteiger charge is 2.29. The minimum absolute atomic E-state index is 0.0142. The molecule has 1 aromatic rings. The summed E-state index contributed by atoms with van der Waals surface area (Å²) in [6, 6.07) is 3.35. The Kier molecular flexibility index (Phi) is 4.22. The Balaban J connectivity index is 2.18. The smallest absolute Gasteiger partial charge is 0.257 e. The van der Waals surface area contributed by atoms with Crippen LogP contribution in [0.2, 0.25) is 0 Å². The number of oxime groups is 1. The number of hydrogen-bond donors (Lipinski definition) is 2. The Bertz CT molecular complexity index is 545. The van der Waals surface area contributed by atoms with Gasteiger partial charge in [-0.15, -0.1) is 0 Å². The van der Waals surface area contributed by atoms with Crippen LogP contribution in [0.5, 0.6) is 5.75 Å². The van der Waals surface area contributed by atoms with Crippen LogP contribution in [0.1, 0.15) is 30.1 Å². The Morgan fingerprint density at radius 1 is 1.55 bits per heavy atom. The van der Waals surface area contributed by atoms with E-state index in [9.17, 15) is 14.3 Å². The molecule has 0 bridgehead atoms. The van der Waals surface area contributed by atoms with Gasteiger partial charge in [-0.25, -0.2) is 4.39 Å². The number of piperidine rings is 1. The highest BCUT2D eigenvalue weighted by molar-refractivity contribution is 5.98. The molecule has 0 saturated carbocycles. The average molecular weight is 280 g/mol. The molecule has 1 heterocycles. The van der Waals surface area contributed by atoms with Crippen molar-refractivity contribution in [3.63, 3.8) is 0 Å². The second-order valence-electron chi connectivity index (χ2n) is 4.86. The van der Waals surface area contributed by atoms with Gasteiger partial charge in [-0.05, 0) is 18.6 Å². The predicted molar refractivity (Wildman–Crippen MR) is 71.6 cm³/mol. The number of likely N-dealkylation sites (tertiary alicyclic amines) is 1. The van der Waals surface area contributed by atoms with Crippen molar-refractivity contribution in [2.45, 2.75) is 19.8 Å². The molecule has 1 amide bonds. The van der Waals surface area contributed by atoms with Crippen molar-refractivity contribution in [2.75, 3.05) is 13.1 Å². The number of aromatic hydroxyl groups is 1. The van der Waals surface area contributed by atoms with E-state index in [-0.39, 0.29) is 23.1 Å². The maximum Gasteiger partial charge on any atom is 0.257 e. The molecule has 1 fully saturated rings. The standard InChI is InChI=1S/C14H17FN2O3/c1-2-9-8-17(6-5-12(9)16-20)14(19)11-4-3-10(15)7-13(11)18/h3-4,7,9,18,20H,2,5-6,8H2,1H3/b16-12+. The lowest BCUT2D eigenvalue weighted by Gasteiger charge is -2.33. The molecular formula is C14H17FN2O3. The number of rotatable bonds is 2. The third-order valence-electron chi connectivity index (χ3n) is 3.65. The largest absolute Gasteiger partial charge is 0.507 e. The van der Waals surface area contributed by atoms with E-state index in [1.54, 1.807) is 4.90 Å². The molecule has 0 spiro atoms. The van der Waals surface area contributed by atoms with Crippen LogP contribution in [0, 0.1) is 11.7 Å². The lowest BCUT2D eigenvalue weighted by molar-refractivity contribution is 0.0726. The summed E-state index contributed by atoms with van der Waals surface area (Å²) in [6.07, 6.45) is 1.27. The molecule has 1 atom stereocenters. The molecule has 5 nitrogen and oxygen atoms in total. The molecule has 20 heavy (non-hydrogen) atoms. The molecule has 108 valence electrons. The summed E-state index contributed by atoms with van der Waals surface area (Å²) in [5.74, 6) is -1.26. The van der Waals surface area contributed by atoms with Crippen LogP contribution >= 0.6 is 0 Å². The lowest BCUT2D eigenvalue weighted by Crippen LogP contribution is -2.44. The number of phenolic OH excluding ortho intramolecular Hbond substituents is 1. The van der Waals surface area contributed by atoms with E-state index >= 15 is 0 Å². The van der Waals surface area contributed by atoms with Gasteiger partial charge in [-0.3, -0.25) is 4.79 Å². The fraction of sp³-hybridized carbons (Fsp3) is 0.429. The fourth-order valence-corrected chi connectivity index (χ4v) is 2.45. The zero-order valence-electron chi connectivity index (χ0n) is 11.2. The molecule has 1 aliphatic heterocycles. The van der Waals surface area contributed by atoms with Gasteiger partial charge in [0.1, 0.15) is 11.6 Å². The van der Waals surface area contributed by atoms with Crippen molar-refractivity contribution >= 4 is 11.6 Å². The normalized spacial score (nSPS) is 21.2. The highest BCUT2D eigenvalue weighted by atomic mass is 19.1. The third-order valence-corrected chi connectivity index (χ3v) is 3.65. The average Bonchev–Trinajstić information content (AvgIpc) is 2.45. The Labute approximate surface area is 116 Å². The third kappa shape index (κ3) is 2.74. The lowest BCUT2D eigenvalue weighted by atomic mass is 9.93. The van der Waals surface area contributed by atoms with Crippen molar-refractivity contribution in [3.8, 4) is 5.75 Å². The minimum atomic E-state index is -0.584. The van der Waals surface area contributed by atoms with Crippen LogP contribution in [0.15, 0.2) is 23.4 Å². The monoisotopic (exact) mass is 280 g/mol. The first-order chi connectivity index (χ1) is 9.56. The zero-order chi connectivity index (χ0) is 14.7. The van der Waals surface area contributed by atoms with E-state index in [1.807, 2.05) is 6.92 Å². The number of carbonyl (C=O) groups is 1. The van der Waals surface area contributed by atoms with Crippen LogP contribution in [-0.4, -0.2) is 39.9 Å². The maximum absolute atomic E-state index is 12.9. The van der Waals surface area contributed by atoms with E-state index in [4.69, 9.17) is 5.21 Å². The Morgan fingerprint density at radius 3 is 2.90 bits per heavy atom. The summed E-state index contributed by atoms with van der Waals surface area (Å²) in [7, 11) is 0. The Hall–Kier alpha value is -2.11. The molecule has 0 aromatic heterocycles. The van der Waals surface area contributed by atoms with Gasteiger partial charge >= 0.3 is 0 Å². The first-order valence-electron chi connectivity index (χ1n) is 6.55. The molecule has 1 aliphatic rings. The zero-order valence-corrected chi connectivity index (χ0v) is 11.2. The van der Waals surface area contributed by atoms with Crippen molar-refractivity contribution in [3.05, 3.63) is 29.6 Å². The van der Waals surface area contributed by atoms with E-state index in [2.05, 4.69) is 5.16 Å². The summed E-state index contributed by atoms with van der Waals surface area (Å²) >= 11 is 0. The van der Waals surface area contributed by atoms with E-state index in [0.29, 0.717) is 25.2 Å². The summed E-state index contributed by atoms with van der Waals surface area (Å²) in [6.45, 7) is 2.82. The minimum Gasteiger partial charge on any atom is -0.507 e. The number of carbonyl (C=O) groups excluding carboxylic acids is 1. The number of amides is 1. The summed E-state index contributed by atoms with van der Waals surface area (Å²) in [4.78, 5) is 13.9. The molecule has 6 heteroatoms. The predicted octanol–water partition coefficient (Wildman–Crippen LogP) is 2.23. The molecular weight excluding hydrogens is 263 g/mol. The van der Waals surface area contributed by atoms with Crippen molar-refractivity contribution in [1.82, 2.24) is 4.90 Å². The van der Waals surface area contributed by atoms with Gasteiger partial charge < -0.3 is 15.2 Å². The quantitative estimate of drug-likeness (QED) is 0.644. The van der Waals surface area contributed by atoms with Gasteiger partial charge in [-0.2, -0.15) is 0 Å². The highest BCUT2D eigenvalue weighted by Crippen LogP contribution is 2.24. The molecule has 0 aliphatic carbocycles. The molecule has 1 saturated heterocycles. The van der Waals surface area contributed by atoms with Crippen LogP contribution in [-0.2, 0) is 0 Å². The molecule has 0 radical (unpaired) electrons. The number of phenols is 1. The van der Waals surface area contributed by atoms with Crippen molar-refractivity contribution < 1.29 is 19.5 Å². The van der Waals surface area contributed by atoms with Gasteiger partial charge in [0.2, 0.25) is 0 Å². The van der Waals surface area contributed by atoms with Crippen molar-refractivity contribution in [2.24, 2.45) is 11.1 Å². The molecule has 1 aromatic carbocycles. The van der Waals surface area contributed by atoms with Gasteiger partial charge in [0.15, 0.2) is 0 Å². The van der Waals surface area contributed by atoms with E-state index < -0.39 is 5.82 Å². The first kappa shape index (κ1) is 14.3. The van der Waals surface area contributed by atoms with Gasteiger partial charge in [0, 0.05) is 31.5 Å². The van der Waals surface area contributed by atoms with Crippen LogP contribution in [0.4, 0.5) is 4.39 Å². The SMILES string of the molecule is CCC1CN(C(=O)c2ccc(F)cc2O)CC/C1=N\O. The van der Waals surface area contributed by atoms with E-state index in [1.165, 1.54) is 6.07 Å². The van der Waals surface area contributed by atoms with Gasteiger partial charge in [0.25, 0.3) is 5.91 Å². The molecule has 1 unspecified atom stereocenters. The summed E-state index contributed by atoms with van der Waals surface area (Å²) in [5, 5.41) is 21.8. The first-order valence-corrected chi connectivity index (χ1v) is 6.55. The molecule has 2 rings (SSSR count). The fourth-order valence-electron chi connectivity index (χ4n) is 2.45. The topological polar surface area (TPSA) is 73.1 Å². The number of hydrogen-bond acceptors (Lipinski definition) is 4. The van der Waals surface area contributed by atoms with Gasteiger partial charge in [-0.1, -0.05) is 12.1 Å². The number of halogens is 1. The van der Waals surface area contributed by atoms with Gasteiger partial charge in [0.05, 0.1) is 11.3 Å². The second kappa shape index (κ2) is 5.90. The van der Waals surface area contributed by atoms with Crippen LogP contribution in [0.3, 0.4) is 0 Å². The molecule has 2 N–H and O–H groups in total. The van der Waals surface area contributed by atoms with E-state index in [0.717, 1.165) is 18.6 Å². The second-order valence-corrected chi connectivity index (χ2v) is 4.86. The summed E-state index contributed by atoms with van der Waals surface area (Å²) < 4.78 is 12.9.